The average molecular weight is 393 g/mol. The van der Waals surface area contributed by atoms with Gasteiger partial charge >= 0.3 is 5.97 Å². The lowest BCUT2D eigenvalue weighted by Crippen LogP contribution is -2.45. The van der Waals surface area contributed by atoms with E-state index >= 15 is 0 Å². The van der Waals surface area contributed by atoms with Crippen LogP contribution in [0.2, 0.25) is 0 Å². The summed E-state index contributed by atoms with van der Waals surface area (Å²) < 4.78 is 26.4. The zero-order valence-electron chi connectivity index (χ0n) is 14.3. The van der Waals surface area contributed by atoms with Crippen LogP contribution in [0.1, 0.15) is 37.3 Å². The van der Waals surface area contributed by atoms with Crippen molar-refractivity contribution in [1.82, 2.24) is 4.31 Å². The summed E-state index contributed by atoms with van der Waals surface area (Å²) in [6, 6.07) is 8.66. The molecule has 1 aromatic carbocycles. The van der Waals surface area contributed by atoms with E-state index < -0.39 is 26.5 Å². The number of nitriles is 2. The summed E-state index contributed by atoms with van der Waals surface area (Å²) in [7, 11) is -3.74. The topological polar surface area (TPSA) is 122 Å². The molecule has 2 unspecified atom stereocenters. The van der Waals surface area contributed by atoms with Gasteiger partial charge in [0.1, 0.15) is 16.7 Å². The van der Waals surface area contributed by atoms with Crippen LogP contribution in [-0.2, 0) is 14.8 Å². The van der Waals surface area contributed by atoms with E-state index in [-0.39, 0.29) is 17.7 Å². The molecule has 1 aliphatic heterocycles. The van der Waals surface area contributed by atoms with Gasteiger partial charge in [-0.15, -0.1) is 11.8 Å². The SMILES string of the molecule is CCC(Sc1cccc(C#N)c1C#N)S(=O)(=O)N1CCCC(C(=O)O)C1. The molecule has 0 aliphatic carbocycles. The van der Waals surface area contributed by atoms with Crippen molar-refractivity contribution in [3.63, 3.8) is 0 Å². The van der Waals surface area contributed by atoms with Crippen LogP contribution in [0, 0.1) is 28.6 Å². The average Bonchev–Trinajstić information content (AvgIpc) is 2.65. The van der Waals surface area contributed by atoms with Crippen LogP contribution >= 0.6 is 11.8 Å². The Morgan fingerprint density at radius 1 is 1.42 bits per heavy atom. The summed E-state index contributed by atoms with van der Waals surface area (Å²) in [5.74, 6) is -1.68. The minimum absolute atomic E-state index is 0.0297. The minimum Gasteiger partial charge on any atom is -0.481 e. The fraction of sp³-hybridized carbons (Fsp3) is 0.471. The minimum atomic E-state index is -3.74. The summed E-state index contributed by atoms with van der Waals surface area (Å²) in [4.78, 5) is 11.7. The van der Waals surface area contributed by atoms with Gasteiger partial charge in [-0.2, -0.15) is 10.5 Å². The van der Waals surface area contributed by atoms with Crippen molar-refractivity contribution in [3.05, 3.63) is 29.3 Å². The Balaban J connectivity index is 2.30. The number of benzene rings is 1. The van der Waals surface area contributed by atoms with Crippen LogP contribution in [0.15, 0.2) is 23.1 Å². The first kappa shape index (κ1) is 20.2. The predicted octanol–water partition coefficient (Wildman–Crippen LogP) is 2.38. The van der Waals surface area contributed by atoms with Gasteiger partial charge in [0.05, 0.1) is 17.0 Å². The number of aliphatic carboxylic acids is 1. The number of thioether (sulfide) groups is 1. The normalized spacial score (nSPS) is 19.3. The predicted molar refractivity (Wildman–Crippen MR) is 96.7 cm³/mol. The molecule has 1 aromatic rings. The van der Waals surface area contributed by atoms with Gasteiger partial charge in [0.15, 0.2) is 0 Å². The molecule has 1 saturated heterocycles. The van der Waals surface area contributed by atoms with E-state index in [1.807, 2.05) is 12.1 Å². The van der Waals surface area contributed by atoms with Crippen LogP contribution in [0.5, 0.6) is 0 Å². The van der Waals surface area contributed by atoms with E-state index in [1.165, 1.54) is 10.4 Å². The van der Waals surface area contributed by atoms with Gasteiger partial charge in [0.25, 0.3) is 0 Å². The summed E-state index contributed by atoms with van der Waals surface area (Å²) in [5.41, 5.74) is 0.365. The number of sulfonamides is 1. The number of nitrogens with zero attached hydrogens (tertiary/aromatic N) is 3. The lowest BCUT2D eigenvalue weighted by atomic mass is 10.0. The van der Waals surface area contributed by atoms with Gasteiger partial charge < -0.3 is 5.11 Å². The van der Waals surface area contributed by atoms with Crippen molar-refractivity contribution >= 4 is 27.8 Å². The molecule has 2 atom stereocenters. The van der Waals surface area contributed by atoms with Gasteiger partial charge in [-0.1, -0.05) is 13.0 Å². The Morgan fingerprint density at radius 2 is 2.15 bits per heavy atom. The molecular formula is C17H19N3O4S2. The molecule has 1 fully saturated rings. The van der Waals surface area contributed by atoms with Crippen molar-refractivity contribution in [2.75, 3.05) is 13.1 Å². The van der Waals surface area contributed by atoms with Crippen LogP contribution < -0.4 is 0 Å². The fourth-order valence-electron chi connectivity index (χ4n) is 2.88. The maximum absolute atomic E-state index is 13.0. The van der Waals surface area contributed by atoms with Gasteiger partial charge in [-0.25, -0.2) is 12.7 Å². The molecule has 1 aliphatic rings. The highest BCUT2D eigenvalue weighted by Gasteiger charge is 2.37. The van der Waals surface area contributed by atoms with E-state index in [2.05, 4.69) is 0 Å². The number of piperidine rings is 1. The lowest BCUT2D eigenvalue weighted by molar-refractivity contribution is -0.142. The molecular weight excluding hydrogens is 374 g/mol. The highest BCUT2D eigenvalue weighted by atomic mass is 32.3. The molecule has 2 rings (SSSR count). The third-order valence-corrected chi connectivity index (χ3v) is 8.53. The molecule has 138 valence electrons. The molecule has 26 heavy (non-hydrogen) atoms. The van der Waals surface area contributed by atoms with Crippen LogP contribution in [0.4, 0.5) is 0 Å². The van der Waals surface area contributed by atoms with Gasteiger partial charge in [-0.3, -0.25) is 4.79 Å². The zero-order valence-corrected chi connectivity index (χ0v) is 15.9. The summed E-state index contributed by atoms with van der Waals surface area (Å²) in [6.07, 6.45) is 1.27. The maximum atomic E-state index is 13.0. The molecule has 9 heteroatoms. The van der Waals surface area contributed by atoms with E-state index in [0.717, 1.165) is 11.8 Å². The van der Waals surface area contributed by atoms with Crippen LogP contribution in [-0.4, -0.2) is 41.5 Å². The number of hydrogen-bond donors (Lipinski definition) is 1. The molecule has 0 amide bonds. The van der Waals surface area contributed by atoms with E-state index in [9.17, 15) is 23.6 Å². The molecule has 0 spiro atoms. The first-order valence-electron chi connectivity index (χ1n) is 8.16. The van der Waals surface area contributed by atoms with Crippen LogP contribution in [0.3, 0.4) is 0 Å². The highest BCUT2D eigenvalue weighted by molar-refractivity contribution is 8.12. The Kier molecular flexibility index (Phi) is 6.65. The van der Waals surface area contributed by atoms with Gasteiger partial charge in [0.2, 0.25) is 10.0 Å². The summed E-state index contributed by atoms with van der Waals surface area (Å²) in [5, 5.41) is 27.6. The lowest BCUT2D eigenvalue weighted by Gasteiger charge is -2.32. The van der Waals surface area contributed by atoms with E-state index in [0.29, 0.717) is 30.7 Å². The monoisotopic (exact) mass is 393 g/mol. The third-order valence-electron chi connectivity index (χ3n) is 4.28. The quantitative estimate of drug-likeness (QED) is 0.736. The number of carbonyl (C=O) groups is 1. The molecule has 1 heterocycles. The van der Waals surface area contributed by atoms with Crippen molar-refractivity contribution in [2.45, 2.75) is 35.7 Å². The summed E-state index contributed by atoms with van der Waals surface area (Å²) >= 11 is 1.03. The second kappa shape index (κ2) is 8.54. The standard InChI is InChI=1S/C17H19N3O4S2/c1-2-16(25-15-7-3-5-12(9-18)14(15)10-19)26(23,24)20-8-4-6-13(11-20)17(21)22/h3,5,7,13,16H,2,4,6,8,11H2,1H3,(H,21,22). The molecule has 0 bridgehead atoms. The highest BCUT2D eigenvalue weighted by Crippen LogP contribution is 2.35. The molecule has 0 saturated carbocycles. The second-order valence-electron chi connectivity index (χ2n) is 5.94. The second-order valence-corrected chi connectivity index (χ2v) is 9.60. The van der Waals surface area contributed by atoms with E-state index in [1.54, 1.807) is 19.1 Å². The molecule has 0 aromatic heterocycles. The van der Waals surface area contributed by atoms with Gasteiger partial charge in [-0.05, 0) is 31.4 Å². The van der Waals surface area contributed by atoms with Crippen LogP contribution in [0.25, 0.3) is 0 Å². The van der Waals surface area contributed by atoms with Crippen molar-refractivity contribution < 1.29 is 18.3 Å². The van der Waals surface area contributed by atoms with Crippen molar-refractivity contribution in [1.29, 1.82) is 10.5 Å². The Morgan fingerprint density at radius 3 is 2.73 bits per heavy atom. The number of hydrogen-bond acceptors (Lipinski definition) is 6. The fourth-order valence-corrected chi connectivity index (χ4v) is 6.44. The van der Waals surface area contributed by atoms with E-state index in [4.69, 9.17) is 5.26 Å². The number of carboxylic acids is 1. The Bertz CT molecular complexity index is 871. The zero-order chi connectivity index (χ0) is 19.3. The van der Waals surface area contributed by atoms with Crippen molar-refractivity contribution in [3.8, 4) is 12.1 Å². The number of rotatable bonds is 6. The van der Waals surface area contributed by atoms with Crippen molar-refractivity contribution in [2.24, 2.45) is 5.92 Å². The smallest absolute Gasteiger partial charge is 0.307 e. The third kappa shape index (κ3) is 4.18. The largest absolute Gasteiger partial charge is 0.481 e. The first-order valence-corrected chi connectivity index (χ1v) is 10.5. The van der Waals surface area contributed by atoms with Gasteiger partial charge in [0, 0.05) is 18.0 Å². The Hall–Kier alpha value is -2.07. The summed E-state index contributed by atoms with van der Waals surface area (Å²) in [6.45, 7) is 2.00. The molecule has 0 radical (unpaired) electrons. The molecule has 1 N–H and O–H groups in total. The Labute approximate surface area is 157 Å². The molecule has 7 nitrogen and oxygen atoms in total. The number of carboxylic acid groups (broad SMARTS) is 1. The maximum Gasteiger partial charge on any atom is 0.307 e. The first-order chi connectivity index (χ1) is 12.3.